The summed E-state index contributed by atoms with van der Waals surface area (Å²) in [5.74, 6) is -0.881. The molecule has 0 spiro atoms. The van der Waals surface area contributed by atoms with Crippen molar-refractivity contribution in [3.05, 3.63) is 70.5 Å². The summed E-state index contributed by atoms with van der Waals surface area (Å²) in [5.41, 5.74) is -3.03. The highest BCUT2D eigenvalue weighted by Crippen LogP contribution is 2.48. The smallest absolute Gasteiger partial charge is 0.416 e. The van der Waals surface area contributed by atoms with Crippen LogP contribution in [0.25, 0.3) is 0 Å². The van der Waals surface area contributed by atoms with Crippen LogP contribution in [-0.2, 0) is 21.8 Å². The Morgan fingerprint density at radius 3 is 2.00 bits per heavy atom. The SMILES string of the molecule is C[C@H](O[C@@H]1CC[C@@H]2CN(C(=O)OC(C)(C)C)C[C@@H]2[C@H]1c1ccc(F)cc1)c1cc(C(F)(F)F)cc(C(F)(F)F)c1. The Morgan fingerprint density at radius 1 is 0.900 bits per heavy atom. The predicted molar refractivity (Wildman–Crippen MR) is 133 cm³/mol. The minimum absolute atomic E-state index is 0.0723. The predicted octanol–water partition coefficient (Wildman–Crippen LogP) is 8.37. The van der Waals surface area contributed by atoms with E-state index in [-0.39, 0.29) is 29.4 Å². The topological polar surface area (TPSA) is 38.8 Å². The highest BCUT2D eigenvalue weighted by atomic mass is 19.4. The van der Waals surface area contributed by atoms with Crippen molar-refractivity contribution in [3.63, 3.8) is 0 Å². The van der Waals surface area contributed by atoms with Crippen LogP contribution in [0, 0.1) is 17.7 Å². The largest absolute Gasteiger partial charge is 0.444 e. The first-order valence-electron chi connectivity index (χ1n) is 13.1. The zero-order valence-corrected chi connectivity index (χ0v) is 22.6. The molecule has 0 N–H and O–H groups in total. The Hall–Kier alpha value is -2.82. The van der Waals surface area contributed by atoms with Crippen molar-refractivity contribution in [3.8, 4) is 0 Å². The number of hydrogen-bond donors (Lipinski definition) is 0. The van der Waals surface area contributed by atoms with Gasteiger partial charge in [-0.15, -0.1) is 0 Å². The van der Waals surface area contributed by atoms with Gasteiger partial charge in [0, 0.05) is 19.0 Å². The van der Waals surface area contributed by atoms with E-state index >= 15 is 0 Å². The van der Waals surface area contributed by atoms with Crippen LogP contribution in [0.4, 0.5) is 35.5 Å². The van der Waals surface area contributed by atoms with Gasteiger partial charge in [-0.2, -0.15) is 26.3 Å². The molecule has 4 rings (SSSR count). The number of likely N-dealkylation sites (tertiary alicyclic amines) is 1. The molecule has 40 heavy (non-hydrogen) atoms. The second-order valence-electron chi connectivity index (χ2n) is 11.6. The van der Waals surface area contributed by atoms with Gasteiger partial charge in [0.1, 0.15) is 11.4 Å². The van der Waals surface area contributed by atoms with E-state index in [2.05, 4.69) is 0 Å². The Kier molecular flexibility index (Phi) is 8.19. The van der Waals surface area contributed by atoms with Gasteiger partial charge < -0.3 is 14.4 Å². The third-order valence-electron chi connectivity index (χ3n) is 7.54. The molecule has 2 aliphatic rings. The molecular formula is C29H32F7NO3. The molecule has 220 valence electrons. The molecule has 1 amide bonds. The van der Waals surface area contributed by atoms with Crippen LogP contribution in [0.5, 0.6) is 0 Å². The number of carbonyl (C=O) groups is 1. The van der Waals surface area contributed by atoms with Crippen molar-refractivity contribution in [2.45, 2.75) is 76.6 Å². The van der Waals surface area contributed by atoms with Gasteiger partial charge in [-0.25, -0.2) is 9.18 Å². The number of rotatable bonds is 4. The van der Waals surface area contributed by atoms with Crippen LogP contribution in [0.3, 0.4) is 0 Å². The molecular weight excluding hydrogens is 543 g/mol. The first kappa shape index (κ1) is 30.1. The molecule has 0 bridgehead atoms. The number of hydrogen-bond acceptors (Lipinski definition) is 3. The normalized spacial score (nSPS) is 24.5. The minimum Gasteiger partial charge on any atom is -0.444 e. The summed E-state index contributed by atoms with van der Waals surface area (Å²) in [5, 5.41) is 0. The Morgan fingerprint density at radius 2 is 1.48 bits per heavy atom. The maximum absolute atomic E-state index is 13.8. The van der Waals surface area contributed by atoms with E-state index < -0.39 is 53.2 Å². The zero-order chi connectivity index (χ0) is 29.6. The Balaban J connectivity index is 1.64. The summed E-state index contributed by atoms with van der Waals surface area (Å²) >= 11 is 0. The van der Waals surface area contributed by atoms with Gasteiger partial charge in [0.05, 0.1) is 23.3 Å². The second-order valence-corrected chi connectivity index (χ2v) is 11.6. The fourth-order valence-corrected chi connectivity index (χ4v) is 5.77. The van der Waals surface area contributed by atoms with Crippen molar-refractivity contribution in [1.29, 1.82) is 0 Å². The molecule has 0 radical (unpaired) electrons. The van der Waals surface area contributed by atoms with E-state index in [0.717, 1.165) is 5.56 Å². The van der Waals surface area contributed by atoms with E-state index in [4.69, 9.17) is 9.47 Å². The molecule has 1 heterocycles. The lowest BCUT2D eigenvalue weighted by molar-refractivity contribution is -0.143. The van der Waals surface area contributed by atoms with Crippen molar-refractivity contribution in [2.75, 3.05) is 13.1 Å². The molecule has 0 unspecified atom stereocenters. The van der Waals surface area contributed by atoms with Gasteiger partial charge in [-0.05, 0) is 93.8 Å². The molecule has 2 aromatic rings. The lowest BCUT2D eigenvalue weighted by atomic mass is 9.69. The molecule has 2 aromatic carbocycles. The van der Waals surface area contributed by atoms with Crippen molar-refractivity contribution in [1.82, 2.24) is 4.90 Å². The van der Waals surface area contributed by atoms with Crippen LogP contribution in [-0.4, -0.2) is 35.8 Å². The lowest BCUT2D eigenvalue weighted by Gasteiger charge is -2.41. The molecule has 1 aliphatic heterocycles. The lowest BCUT2D eigenvalue weighted by Crippen LogP contribution is -2.38. The van der Waals surface area contributed by atoms with Gasteiger partial charge in [0.25, 0.3) is 0 Å². The summed E-state index contributed by atoms with van der Waals surface area (Å²) in [6.07, 6.45) is -11.0. The number of carbonyl (C=O) groups excluding carboxylic acids is 1. The molecule has 11 heteroatoms. The van der Waals surface area contributed by atoms with Gasteiger partial charge in [0.15, 0.2) is 0 Å². The summed E-state index contributed by atoms with van der Waals surface area (Å²) in [4.78, 5) is 14.4. The number of benzene rings is 2. The average Bonchev–Trinajstić information content (AvgIpc) is 3.27. The number of ether oxygens (including phenoxy) is 2. The number of fused-ring (bicyclic) bond motifs is 1. The van der Waals surface area contributed by atoms with Crippen molar-refractivity contribution >= 4 is 6.09 Å². The first-order valence-corrected chi connectivity index (χ1v) is 13.1. The summed E-state index contributed by atoms with van der Waals surface area (Å²) in [6, 6.07) is 7.24. The van der Waals surface area contributed by atoms with Crippen LogP contribution < -0.4 is 0 Å². The number of amides is 1. The van der Waals surface area contributed by atoms with Crippen LogP contribution in [0.15, 0.2) is 42.5 Å². The zero-order valence-electron chi connectivity index (χ0n) is 22.6. The fraction of sp³-hybridized carbons (Fsp3) is 0.552. The molecule has 1 saturated carbocycles. The van der Waals surface area contributed by atoms with Crippen LogP contribution >= 0.6 is 0 Å². The molecule has 1 aliphatic carbocycles. The van der Waals surface area contributed by atoms with Crippen molar-refractivity contribution < 1.29 is 45.0 Å². The van der Waals surface area contributed by atoms with Gasteiger partial charge in [-0.3, -0.25) is 0 Å². The van der Waals surface area contributed by atoms with E-state index in [1.54, 1.807) is 37.8 Å². The Bertz CT molecular complexity index is 1170. The summed E-state index contributed by atoms with van der Waals surface area (Å²) in [7, 11) is 0. The number of nitrogens with zero attached hydrogens (tertiary/aromatic N) is 1. The van der Waals surface area contributed by atoms with Gasteiger partial charge >= 0.3 is 18.4 Å². The van der Waals surface area contributed by atoms with Crippen LogP contribution in [0.1, 0.15) is 74.8 Å². The molecule has 0 aromatic heterocycles. The maximum atomic E-state index is 13.8. The third kappa shape index (κ3) is 6.90. The van der Waals surface area contributed by atoms with E-state index in [0.29, 0.717) is 38.1 Å². The third-order valence-corrected chi connectivity index (χ3v) is 7.54. The van der Waals surface area contributed by atoms with Gasteiger partial charge in [0.2, 0.25) is 0 Å². The first-order chi connectivity index (χ1) is 18.4. The molecule has 4 nitrogen and oxygen atoms in total. The molecule has 1 saturated heterocycles. The van der Waals surface area contributed by atoms with E-state index in [1.807, 2.05) is 0 Å². The summed E-state index contributed by atoms with van der Waals surface area (Å²) in [6.45, 7) is 7.49. The maximum Gasteiger partial charge on any atom is 0.416 e. The second kappa shape index (κ2) is 10.9. The number of alkyl halides is 6. The van der Waals surface area contributed by atoms with E-state index in [9.17, 15) is 35.5 Å². The monoisotopic (exact) mass is 575 g/mol. The fourth-order valence-electron chi connectivity index (χ4n) is 5.77. The standard InChI is InChI=1S/C29H32F7NO3/c1-16(19-11-20(28(31,32)33)13-21(12-19)29(34,35)36)39-24-10-7-18-14-37(26(38)40-27(2,3)4)15-23(18)25(24)17-5-8-22(30)9-6-17/h5-6,8-9,11-13,16,18,23-25H,7,10,14-15H2,1-4H3/t16-,18+,23-,24+,25+/m0/s1. The Labute approximate surface area is 228 Å². The highest BCUT2D eigenvalue weighted by molar-refractivity contribution is 5.68. The number of halogens is 7. The van der Waals surface area contributed by atoms with E-state index in [1.165, 1.54) is 19.1 Å². The molecule has 5 atom stereocenters. The minimum atomic E-state index is -4.97. The summed E-state index contributed by atoms with van der Waals surface area (Å²) < 4.78 is 106. The van der Waals surface area contributed by atoms with Gasteiger partial charge in [-0.1, -0.05) is 12.1 Å². The van der Waals surface area contributed by atoms with Crippen molar-refractivity contribution in [2.24, 2.45) is 11.8 Å². The quantitative estimate of drug-likeness (QED) is 0.344. The molecule has 2 fully saturated rings. The highest BCUT2D eigenvalue weighted by Gasteiger charge is 2.48. The average molecular weight is 576 g/mol. The van der Waals surface area contributed by atoms with Crippen LogP contribution in [0.2, 0.25) is 0 Å².